The van der Waals surface area contributed by atoms with Crippen LogP contribution in [0.2, 0.25) is 0 Å². The molecular weight excluding hydrogens is 178 g/mol. The monoisotopic (exact) mass is 193 g/mol. The second kappa shape index (κ2) is 2.82. The summed E-state index contributed by atoms with van der Waals surface area (Å²) in [6.45, 7) is 0. The molecule has 70 valence electrons. The maximum absolute atomic E-state index is 5.90. The molecule has 2 aliphatic carbocycles. The fraction of sp³-hybridized carbons (Fsp3) is 0.636. The van der Waals surface area contributed by atoms with Gasteiger partial charge in [-0.3, -0.25) is 0 Å². The van der Waals surface area contributed by atoms with E-state index >= 15 is 0 Å². The van der Waals surface area contributed by atoms with E-state index in [2.05, 4.69) is 5.38 Å². The van der Waals surface area contributed by atoms with Crippen molar-refractivity contribution in [3.63, 3.8) is 0 Å². The van der Waals surface area contributed by atoms with E-state index in [0.29, 0.717) is 6.04 Å². The smallest absolute Gasteiger partial charge is 0.0115 e. The molecule has 1 heterocycles. The van der Waals surface area contributed by atoms with Gasteiger partial charge in [0.15, 0.2) is 0 Å². The lowest BCUT2D eigenvalue weighted by Gasteiger charge is -2.12. The van der Waals surface area contributed by atoms with Gasteiger partial charge < -0.3 is 5.73 Å². The van der Waals surface area contributed by atoms with Gasteiger partial charge in [0, 0.05) is 16.8 Å². The first-order valence-electron chi connectivity index (χ1n) is 5.21. The molecule has 0 aromatic carbocycles. The minimum Gasteiger partial charge on any atom is -0.327 e. The summed E-state index contributed by atoms with van der Waals surface area (Å²) in [5.74, 6) is 0.720. The van der Waals surface area contributed by atoms with Crippen molar-refractivity contribution in [3.05, 3.63) is 21.4 Å². The number of aryl methyl sites for hydroxylation is 1. The molecule has 1 aromatic heterocycles. The summed E-state index contributed by atoms with van der Waals surface area (Å²) in [5, 5.41) is 2.37. The van der Waals surface area contributed by atoms with Gasteiger partial charge in [-0.1, -0.05) is 0 Å². The van der Waals surface area contributed by atoms with E-state index in [1.54, 1.807) is 16.0 Å². The van der Waals surface area contributed by atoms with E-state index in [-0.39, 0.29) is 0 Å². The van der Waals surface area contributed by atoms with E-state index < -0.39 is 0 Å². The lowest BCUT2D eigenvalue weighted by molar-refractivity contribution is 0.690. The lowest BCUT2D eigenvalue weighted by atomic mass is 9.94. The summed E-state index contributed by atoms with van der Waals surface area (Å²) in [6.07, 6.45) is 6.64. The molecular formula is C11H15NS. The zero-order valence-corrected chi connectivity index (χ0v) is 8.57. The molecule has 0 amide bonds. The molecule has 0 aliphatic heterocycles. The number of thiophene rings is 1. The van der Waals surface area contributed by atoms with Crippen LogP contribution < -0.4 is 5.73 Å². The predicted molar refractivity (Wildman–Crippen MR) is 56.3 cm³/mol. The quantitative estimate of drug-likeness (QED) is 0.728. The van der Waals surface area contributed by atoms with Gasteiger partial charge in [0.05, 0.1) is 0 Å². The van der Waals surface area contributed by atoms with E-state index in [4.69, 9.17) is 5.73 Å². The van der Waals surface area contributed by atoms with Crippen molar-refractivity contribution in [2.24, 2.45) is 5.73 Å². The van der Waals surface area contributed by atoms with Crippen LogP contribution in [0.1, 0.15) is 41.2 Å². The molecule has 0 bridgehead atoms. The van der Waals surface area contributed by atoms with Crippen molar-refractivity contribution in [1.29, 1.82) is 0 Å². The van der Waals surface area contributed by atoms with Gasteiger partial charge >= 0.3 is 0 Å². The maximum Gasteiger partial charge on any atom is 0.0115 e. The van der Waals surface area contributed by atoms with Crippen LogP contribution in [0, 0.1) is 0 Å². The minimum absolute atomic E-state index is 0.473. The minimum atomic E-state index is 0.473. The van der Waals surface area contributed by atoms with E-state index in [1.807, 2.05) is 11.3 Å². The van der Waals surface area contributed by atoms with Crippen LogP contribution in [-0.4, -0.2) is 6.04 Å². The summed E-state index contributed by atoms with van der Waals surface area (Å²) in [7, 11) is 0. The van der Waals surface area contributed by atoms with Gasteiger partial charge in [-0.2, -0.15) is 0 Å². The van der Waals surface area contributed by atoms with Crippen LogP contribution in [0.25, 0.3) is 0 Å². The Morgan fingerprint density at radius 1 is 1.31 bits per heavy atom. The van der Waals surface area contributed by atoms with Gasteiger partial charge in [-0.05, 0) is 48.6 Å². The van der Waals surface area contributed by atoms with E-state index in [1.165, 1.54) is 32.1 Å². The van der Waals surface area contributed by atoms with Crippen LogP contribution in [0.3, 0.4) is 0 Å². The summed E-state index contributed by atoms with van der Waals surface area (Å²) in [6, 6.07) is 0.473. The first-order valence-corrected chi connectivity index (χ1v) is 6.09. The second-order valence-corrected chi connectivity index (χ2v) is 5.27. The zero-order valence-electron chi connectivity index (χ0n) is 7.75. The van der Waals surface area contributed by atoms with Crippen molar-refractivity contribution in [2.45, 2.75) is 44.1 Å². The molecule has 0 saturated heterocycles. The Balaban J connectivity index is 1.97. The van der Waals surface area contributed by atoms with Crippen LogP contribution in [-0.2, 0) is 12.8 Å². The lowest BCUT2D eigenvalue weighted by Crippen LogP contribution is -2.04. The summed E-state index contributed by atoms with van der Waals surface area (Å²) >= 11 is 1.97. The highest BCUT2D eigenvalue weighted by Crippen LogP contribution is 2.45. The molecule has 3 rings (SSSR count). The molecule has 0 spiro atoms. The van der Waals surface area contributed by atoms with Crippen molar-refractivity contribution in [3.8, 4) is 0 Å². The maximum atomic E-state index is 5.90. The molecule has 1 saturated carbocycles. The standard InChI is InChI=1S/C11H15NS/c12-10-5-8(10)9-6-13-11-4-2-1-3-7(9)11/h6,8,10H,1-5,12H2. The normalized spacial score (nSPS) is 31.5. The molecule has 2 heteroatoms. The first kappa shape index (κ1) is 8.01. The topological polar surface area (TPSA) is 26.0 Å². The summed E-state index contributed by atoms with van der Waals surface area (Å²) < 4.78 is 0. The molecule has 1 fully saturated rings. The second-order valence-electron chi connectivity index (χ2n) is 4.31. The van der Waals surface area contributed by atoms with Crippen LogP contribution in [0.5, 0.6) is 0 Å². The highest BCUT2D eigenvalue weighted by atomic mass is 32.1. The number of fused-ring (bicyclic) bond motifs is 1. The Labute approximate surface area is 83.0 Å². The first-order chi connectivity index (χ1) is 6.36. The summed E-state index contributed by atoms with van der Waals surface area (Å²) in [5.41, 5.74) is 9.17. The number of hydrogen-bond acceptors (Lipinski definition) is 2. The highest BCUT2D eigenvalue weighted by Gasteiger charge is 2.37. The third kappa shape index (κ3) is 1.24. The molecule has 13 heavy (non-hydrogen) atoms. The van der Waals surface area contributed by atoms with Crippen molar-refractivity contribution in [2.75, 3.05) is 0 Å². The van der Waals surface area contributed by atoms with Gasteiger partial charge in [-0.25, -0.2) is 0 Å². The average Bonchev–Trinajstić information content (AvgIpc) is 2.74. The molecule has 0 radical (unpaired) electrons. The van der Waals surface area contributed by atoms with E-state index in [9.17, 15) is 0 Å². The molecule has 1 aromatic rings. The fourth-order valence-electron chi connectivity index (χ4n) is 2.40. The average molecular weight is 193 g/mol. The Morgan fingerprint density at radius 3 is 2.85 bits per heavy atom. The number of rotatable bonds is 1. The molecule has 2 N–H and O–H groups in total. The van der Waals surface area contributed by atoms with Gasteiger partial charge in [-0.15, -0.1) is 11.3 Å². The van der Waals surface area contributed by atoms with Crippen LogP contribution >= 0.6 is 11.3 Å². The molecule has 1 nitrogen and oxygen atoms in total. The Morgan fingerprint density at radius 2 is 2.08 bits per heavy atom. The Hall–Kier alpha value is -0.340. The van der Waals surface area contributed by atoms with Gasteiger partial charge in [0.2, 0.25) is 0 Å². The molecule has 2 aliphatic rings. The van der Waals surface area contributed by atoms with Crippen molar-refractivity contribution < 1.29 is 0 Å². The zero-order chi connectivity index (χ0) is 8.84. The predicted octanol–water partition coefficient (Wildman–Crippen LogP) is 2.44. The summed E-state index contributed by atoms with van der Waals surface area (Å²) in [4.78, 5) is 1.65. The Bertz CT molecular complexity index is 329. The third-order valence-electron chi connectivity index (χ3n) is 3.33. The number of nitrogens with two attached hydrogens (primary N) is 1. The van der Waals surface area contributed by atoms with Gasteiger partial charge in [0.1, 0.15) is 0 Å². The van der Waals surface area contributed by atoms with Crippen LogP contribution in [0.15, 0.2) is 5.38 Å². The van der Waals surface area contributed by atoms with Crippen molar-refractivity contribution in [1.82, 2.24) is 0 Å². The molecule has 2 atom stereocenters. The number of hydrogen-bond donors (Lipinski definition) is 1. The highest BCUT2D eigenvalue weighted by molar-refractivity contribution is 7.10. The van der Waals surface area contributed by atoms with E-state index in [0.717, 1.165) is 5.92 Å². The largest absolute Gasteiger partial charge is 0.327 e. The Kier molecular flexibility index (Phi) is 1.74. The van der Waals surface area contributed by atoms with Crippen molar-refractivity contribution >= 4 is 11.3 Å². The third-order valence-corrected chi connectivity index (χ3v) is 4.44. The van der Waals surface area contributed by atoms with Gasteiger partial charge in [0.25, 0.3) is 0 Å². The molecule has 2 unspecified atom stereocenters. The fourth-order valence-corrected chi connectivity index (χ4v) is 3.61. The van der Waals surface area contributed by atoms with Crippen LogP contribution in [0.4, 0.5) is 0 Å². The SMILES string of the molecule is NC1CC1c1csc2c1CCCC2.